The van der Waals surface area contributed by atoms with E-state index in [1.165, 1.54) is 0 Å². The maximum atomic E-state index is 12.4. The van der Waals surface area contributed by atoms with Gasteiger partial charge in [0.1, 0.15) is 0 Å². The number of fused-ring (bicyclic) bond motifs is 1. The quantitative estimate of drug-likeness (QED) is 0.404. The highest BCUT2D eigenvalue weighted by Crippen LogP contribution is 2.32. The fraction of sp³-hybridized carbons (Fsp3) is 0.222. The normalized spacial score (nSPS) is 13.7. The van der Waals surface area contributed by atoms with Crippen LogP contribution in [0.15, 0.2) is 53.7 Å². The summed E-state index contributed by atoms with van der Waals surface area (Å²) < 4.78 is 10.5. The third-order valence-corrected chi connectivity index (χ3v) is 3.90. The molecule has 0 saturated carbocycles. The van der Waals surface area contributed by atoms with Gasteiger partial charge in [0.15, 0.2) is 17.3 Å². The zero-order valence-corrected chi connectivity index (χ0v) is 13.5. The Hall–Kier alpha value is -3.02. The molecule has 0 spiro atoms. The molecule has 0 radical (unpaired) electrons. The van der Waals surface area contributed by atoms with E-state index in [2.05, 4.69) is 5.16 Å². The van der Waals surface area contributed by atoms with Crippen LogP contribution in [0.25, 0.3) is 0 Å². The average molecular weight is 326 g/mol. The molecule has 6 nitrogen and oxygen atoms in total. The molecule has 1 aliphatic heterocycles. The summed E-state index contributed by atoms with van der Waals surface area (Å²) in [6.07, 6.45) is 0. The lowest BCUT2D eigenvalue weighted by molar-refractivity contribution is -0.149. The SMILES string of the molecule is CC(C)(C(=O)O/N=C(/N)c1ccc2c(c1)OCO2)c1ccccc1. The van der Waals surface area contributed by atoms with Gasteiger partial charge in [-0.25, -0.2) is 4.79 Å². The lowest BCUT2D eigenvalue weighted by atomic mass is 9.85. The van der Waals surface area contributed by atoms with Crippen LogP contribution in [-0.2, 0) is 15.0 Å². The fourth-order valence-corrected chi connectivity index (χ4v) is 2.29. The molecule has 0 saturated heterocycles. The summed E-state index contributed by atoms with van der Waals surface area (Å²) in [7, 11) is 0. The van der Waals surface area contributed by atoms with Crippen molar-refractivity contribution in [3.05, 3.63) is 59.7 Å². The van der Waals surface area contributed by atoms with Crippen molar-refractivity contribution in [2.45, 2.75) is 19.3 Å². The van der Waals surface area contributed by atoms with Crippen LogP contribution in [0.2, 0.25) is 0 Å². The number of nitrogens with two attached hydrogens (primary N) is 1. The predicted octanol–water partition coefficient (Wildman–Crippen LogP) is 2.56. The van der Waals surface area contributed by atoms with Gasteiger partial charge in [-0.1, -0.05) is 35.5 Å². The van der Waals surface area contributed by atoms with Crippen molar-refractivity contribution < 1.29 is 19.1 Å². The van der Waals surface area contributed by atoms with Gasteiger partial charge in [-0.05, 0) is 37.6 Å². The Bertz CT molecular complexity index is 785. The van der Waals surface area contributed by atoms with Crippen LogP contribution in [-0.4, -0.2) is 18.6 Å². The molecule has 3 rings (SSSR count). The van der Waals surface area contributed by atoms with Gasteiger partial charge in [-0.3, -0.25) is 0 Å². The van der Waals surface area contributed by atoms with Gasteiger partial charge >= 0.3 is 5.97 Å². The van der Waals surface area contributed by atoms with Gasteiger partial charge < -0.3 is 20.0 Å². The second-order valence-electron chi connectivity index (χ2n) is 5.91. The van der Waals surface area contributed by atoms with Crippen LogP contribution in [0.1, 0.15) is 25.0 Å². The average Bonchev–Trinajstić information content (AvgIpc) is 3.07. The highest BCUT2D eigenvalue weighted by molar-refractivity contribution is 5.98. The van der Waals surface area contributed by atoms with E-state index in [0.29, 0.717) is 17.1 Å². The Morgan fingerprint density at radius 2 is 1.83 bits per heavy atom. The summed E-state index contributed by atoms with van der Waals surface area (Å²) in [5.74, 6) is 0.832. The van der Waals surface area contributed by atoms with Crippen LogP contribution in [0.4, 0.5) is 0 Å². The first-order chi connectivity index (χ1) is 11.5. The molecule has 2 N–H and O–H groups in total. The molecular weight excluding hydrogens is 308 g/mol. The van der Waals surface area contributed by atoms with E-state index < -0.39 is 11.4 Å². The van der Waals surface area contributed by atoms with E-state index in [-0.39, 0.29) is 12.6 Å². The first-order valence-electron chi connectivity index (χ1n) is 7.49. The molecule has 0 bridgehead atoms. The van der Waals surface area contributed by atoms with Crippen LogP contribution >= 0.6 is 0 Å². The lowest BCUT2D eigenvalue weighted by Gasteiger charge is -2.20. The smallest absolute Gasteiger partial charge is 0.344 e. The summed E-state index contributed by atoms with van der Waals surface area (Å²) in [6, 6.07) is 14.5. The van der Waals surface area contributed by atoms with E-state index in [1.807, 2.05) is 30.3 Å². The summed E-state index contributed by atoms with van der Waals surface area (Å²) in [4.78, 5) is 17.4. The van der Waals surface area contributed by atoms with Crippen molar-refractivity contribution in [1.29, 1.82) is 0 Å². The zero-order chi connectivity index (χ0) is 17.2. The molecule has 2 aromatic rings. The molecule has 6 heteroatoms. The van der Waals surface area contributed by atoms with E-state index in [9.17, 15) is 4.79 Å². The van der Waals surface area contributed by atoms with Gasteiger partial charge in [0.2, 0.25) is 6.79 Å². The highest BCUT2D eigenvalue weighted by Gasteiger charge is 2.32. The number of benzene rings is 2. The number of amidine groups is 1. The standard InChI is InChI=1S/C18H18N2O4/c1-18(2,13-6-4-3-5-7-13)17(21)24-20-16(19)12-8-9-14-15(10-12)23-11-22-14/h3-10H,11H2,1-2H3,(H2,19,20). The molecule has 124 valence electrons. The van der Waals surface area contributed by atoms with Gasteiger partial charge in [-0.15, -0.1) is 0 Å². The number of hydrogen-bond donors (Lipinski definition) is 1. The fourth-order valence-electron chi connectivity index (χ4n) is 2.29. The second-order valence-corrected chi connectivity index (χ2v) is 5.91. The van der Waals surface area contributed by atoms with Crippen LogP contribution in [0.5, 0.6) is 11.5 Å². The molecule has 24 heavy (non-hydrogen) atoms. The van der Waals surface area contributed by atoms with E-state index >= 15 is 0 Å². The minimum atomic E-state index is -0.833. The van der Waals surface area contributed by atoms with Crippen LogP contribution < -0.4 is 15.2 Å². The Morgan fingerprint density at radius 3 is 2.58 bits per heavy atom. The first-order valence-corrected chi connectivity index (χ1v) is 7.49. The molecule has 0 aliphatic carbocycles. The monoisotopic (exact) mass is 326 g/mol. The number of hydrogen-bond acceptors (Lipinski definition) is 5. The Labute approximate surface area is 139 Å². The maximum Gasteiger partial charge on any atom is 0.344 e. The molecule has 0 fully saturated rings. The van der Waals surface area contributed by atoms with Crippen molar-refractivity contribution >= 4 is 11.8 Å². The Kier molecular flexibility index (Phi) is 4.12. The van der Waals surface area contributed by atoms with Crippen molar-refractivity contribution in [3.63, 3.8) is 0 Å². The minimum Gasteiger partial charge on any atom is -0.454 e. The molecule has 1 aliphatic rings. The third-order valence-electron chi connectivity index (χ3n) is 3.90. The van der Waals surface area contributed by atoms with Gasteiger partial charge in [-0.2, -0.15) is 0 Å². The topological polar surface area (TPSA) is 83.1 Å². The zero-order valence-electron chi connectivity index (χ0n) is 13.5. The van der Waals surface area contributed by atoms with Crippen molar-refractivity contribution in [3.8, 4) is 11.5 Å². The highest BCUT2D eigenvalue weighted by atomic mass is 16.7. The number of ether oxygens (including phenoxy) is 2. The summed E-state index contributed by atoms with van der Waals surface area (Å²) in [5.41, 5.74) is 6.49. The lowest BCUT2D eigenvalue weighted by Crippen LogP contribution is -2.30. The molecule has 0 atom stereocenters. The van der Waals surface area contributed by atoms with Crippen LogP contribution in [0, 0.1) is 0 Å². The molecule has 2 aromatic carbocycles. The maximum absolute atomic E-state index is 12.4. The molecule has 0 amide bonds. The molecular formula is C18H18N2O4. The van der Waals surface area contributed by atoms with E-state index in [0.717, 1.165) is 5.56 Å². The van der Waals surface area contributed by atoms with Gasteiger partial charge in [0.25, 0.3) is 0 Å². The largest absolute Gasteiger partial charge is 0.454 e. The van der Waals surface area contributed by atoms with Crippen LogP contribution in [0.3, 0.4) is 0 Å². The second kappa shape index (κ2) is 6.23. The number of nitrogens with zero attached hydrogens (tertiary/aromatic N) is 1. The number of oxime groups is 1. The van der Waals surface area contributed by atoms with Crippen molar-refractivity contribution in [2.24, 2.45) is 10.9 Å². The third kappa shape index (κ3) is 3.03. The van der Waals surface area contributed by atoms with Crippen molar-refractivity contribution in [1.82, 2.24) is 0 Å². The van der Waals surface area contributed by atoms with Gasteiger partial charge in [0.05, 0.1) is 5.41 Å². The van der Waals surface area contributed by atoms with E-state index in [4.69, 9.17) is 20.0 Å². The first kappa shape index (κ1) is 15.9. The predicted molar refractivity (Wildman–Crippen MR) is 88.8 cm³/mol. The van der Waals surface area contributed by atoms with Gasteiger partial charge in [0, 0.05) is 5.56 Å². The summed E-state index contributed by atoms with van der Waals surface area (Å²) in [5, 5.41) is 3.76. The summed E-state index contributed by atoms with van der Waals surface area (Å²) >= 11 is 0. The molecule has 1 heterocycles. The Balaban J connectivity index is 1.74. The molecule has 0 aromatic heterocycles. The van der Waals surface area contributed by atoms with E-state index in [1.54, 1.807) is 32.0 Å². The number of rotatable bonds is 4. The minimum absolute atomic E-state index is 0.0884. The molecule has 0 unspecified atom stereocenters. The number of carbonyl (C=O) groups excluding carboxylic acids is 1. The number of carbonyl (C=O) groups is 1. The summed E-state index contributed by atoms with van der Waals surface area (Å²) in [6.45, 7) is 3.73. The van der Waals surface area contributed by atoms with Crippen molar-refractivity contribution in [2.75, 3.05) is 6.79 Å². The Morgan fingerprint density at radius 1 is 1.12 bits per heavy atom.